The van der Waals surface area contributed by atoms with Gasteiger partial charge in [0, 0.05) is 25.0 Å². The summed E-state index contributed by atoms with van der Waals surface area (Å²) in [6.45, 7) is 2.13. The predicted octanol–water partition coefficient (Wildman–Crippen LogP) is 0.686. The molecule has 0 bridgehead atoms. The van der Waals surface area contributed by atoms with Gasteiger partial charge >= 0.3 is 0 Å². The lowest BCUT2D eigenvalue weighted by Gasteiger charge is -2.21. The van der Waals surface area contributed by atoms with Crippen LogP contribution in [0.1, 0.15) is 18.5 Å². The smallest absolute Gasteiger partial charge is 0.233 e. The highest BCUT2D eigenvalue weighted by molar-refractivity contribution is 5.30. The van der Waals surface area contributed by atoms with Crippen LogP contribution in [0.4, 0.5) is 0 Å². The van der Waals surface area contributed by atoms with Gasteiger partial charge in [-0.2, -0.15) is 0 Å². The minimum atomic E-state index is 0.245. The van der Waals surface area contributed by atoms with Crippen LogP contribution in [-0.4, -0.2) is 43.6 Å². The zero-order chi connectivity index (χ0) is 11.7. The zero-order valence-electron chi connectivity index (χ0n) is 9.66. The van der Waals surface area contributed by atoms with Crippen molar-refractivity contribution in [3.8, 4) is 0 Å². The number of rotatable bonds is 3. The Morgan fingerprint density at radius 1 is 1.41 bits per heavy atom. The molecule has 17 heavy (non-hydrogen) atoms. The highest BCUT2D eigenvalue weighted by Crippen LogP contribution is 2.19. The molecule has 1 aliphatic rings. The molecule has 90 valence electrons. The summed E-state index contributed by atoms with van der Waals surface area (Å²) in [5.74, 6) is 0.738. The van der Waals surface area contributed by atoms with E-state index in [1.165, 1.54) is 6.42 Å². The number of aliphatic hydroxyl groups is 1. The molecule has 1 fully saturated rings. The van der Waals surface area contributed by atoms with Crippen molar-refractivity contribution in [3.63, 3.8) is 0 Å². The van der Waals surface area contributed by atoms with E-state index < -0.39 is 0 Å². The first-order valence-corrected chi connectivity index (χ1v) is 6.00. The fraction of sp³-hybridized carbons (Fsp3) is 0.500. The maximum atomic E-state index is 9.30. The second-order valence-corrected chi connectivity index (χ2v) is 4.49. The third-order valence-electron chi connectivity index (χ3n) is 3.44. The summed E-state index contributed by atoms with van der Waals surface area (Å²) >= 11 is 0. The maximum Gasteiger partial charge on any atom is 0.233 e. The monoisotopic (exact) mass is 232 g/mol. The van der Waals surface area contributed by atoms with Gasteiger partial charge in [-0.15, -0.1) is 0 Å². The van der Waals surface area contributed by atoms with Crippen LogP contribution >= 0.6 is 0 Å². The molecule has 0 amide bonds. The number of nitrogens with zero attached hydrogens (tertiary/aromatic N) is 4. The van der Waals surface area contributed by atoms with E-state index in [1.807, 2.05) is 22.9 Å². The molecule has 0 aromatic carbocycles. The Morgan fingerprint density at radius 2 is 2.35 bits per heavy atom. The van der Waals surface area contributed by atoms with Crippen molar-refractivity contribution in [2.45, 2.75) is 25.4 Å². The second kappa shape index (κ2) is 4.43. The molecule has 1 N–H and O–H groups in total. The predicted molar refractivity (Wildman–Crippen MR) is 63.5 cm³/mol. The molecule has 3 rings (SSSR count). The SMILES string of the molecule is OC[C@@H]1CCCN1Cc1cnc2ncccn12. The Labute approximate surface area is 99.7 Å². The Hall–Kier alpha value is -1.46. The molecule has 0 unspecified atom stereocenters. The van der Waals surface area contributed by atoms with Crippen LogP contribution in [0, 0.1) is 0 Å². The second-order valence-electron chi connectivity index (χ2n) is 4.49. The molecule has 0 saturated carbocycles. The third-order valence-corrected chi connectivity index (χ3v) is 3.44. The number of aromatic nitrogens is 3. The van der Waals surface area contributed by atoms with Gasteiger partial charge in [0.25, 0.3) is 0 Å². The largest absolute Gasteiger partial charge is 0.395 e. The van der Waals surface area contributed by atoms with Crippen molar-refractivity contribution in [3.05, 3.63) is 30.4 Å². The number of hydrogen-bond donors (Lipinski definition) is 1. The van der Waals surface area contributed by atoms with Gasteiger partial charge in [-0.1, -0.05) is 0 Å². The van der Waals surface area contributed by atoms with Crippen molar-refractivity contribution >= 4 is 5.78 Å². The summed E-state index contributed by atoms with van der Waals surface area (Å²) in [6, 6.07) is 2.21. The number of imidazole rings is 1. The van der Waals surface area contributed by atoms with Gasteiger partial charge in [0.2, 0.25) is 5.78 Å². The van der Waals surface area contributed by atoms with E-state index in [2.05, 4.69) is 14.9 Å². The molecule has 3 heterocycles. The summed E-state index contributed by atoms with van der Waals surface area (Å²) in [6.07, 6.45) is 7.86. The first kappa shape index (κ1) is 10.7. The molecule has 1 aliphatic heterocycles. The van der Waals surface area contributed by atoms with Gasteiger partial charge < -0.3 is 5.11 Å². The average Bonchev–Trinajstić information content (AvgIpc) is 2.97. The first-order chi connectivity index (χ1) is 8.38. The number of likely N-dealkylation sites (tertiary alicyclic amines) is 1. The van der Waals surface area contributed by atoms with Crippen molar-refractivity contribution < 1.29 is 5.11 Å². The first-order valence-electron chi connectivity index (χ1n) is 6.00. The quantitative estimate of drug-likeness (QED) is 0.845. The van der Waals surface area contributed by atoms with Crippen LogP contribution in [0.15, 0.2) is 24.7 Å². The summed E-state index contributed by atoms with van der Waals surface area (Å²) in [5.41, 5.74) is 1.13. The van der Waals surface area contributed by atoms with Gasteiger partial charge in [0.15, 0.2) is 0 Å². The van der Waals surface area contributed by atoms with Crippen LogP contribution in [0.25, 0.3) is 5.78 Å². The van der Waals surface area contributed by atoms with Gasteiger partial charge in [0.1, 0.15) is 0 Å². The number of aliphatic hydroxyl groups excluding tert-OH is 1. The number of fused-ring (bicyclic) bond motifs is 1. The molecular formula is C12H16N4O. The van der Waals surface area contributed by atoms with Crippen molar-refractivity contribution in [1.29, 1.82) is 0 Å². The van der Waals surface area contributed by atoms with Crippen LogP contribution in [0.2, 0.25) is 0 Å². The molecule has 2 aromatic heterocycles. The summed E-state index contributed by atoms with van der Waals surface area (Å²) < 4.78 is 2.01. The molecule has 2 aromatic rings. The van der Waals surface area contributed by atoms with Crippen LogP contribution in [0.3, 0.4) is 0 Å². The standard InChI is InChI=1S/C12H16N4O/c17-9-10-3-1-5-15(10)8-11-7-14-12-13-4-2-6-16(11)12/h2,4,6-7,10,17H,1,3,5,8-9H2/t10-/m0/s1. The minimum Gasteiger partial charge on any atom is -0.395 e. The molecule has 0 aliphatic carbocycles. The molecule has 1 saturated heterocycles. The lowest BCUT2D eigenvalue weighted by Crippen LogP contribution is -2.32. The van der Waals surface area contributed by atoms with Crippen LogP contribution in [0.5, 0.6) is 0 Å². The van der Waals surface area contributed by atoms with Gasteiger partial charge in [-0.05, 0) is 25.5 Å². The van der Waals surface area contributed by atoms with Crippen LogP contribution in [-0.2, 0) is 6.54 Å². The molecule has 0 radical (unpaired) electrons. The third kappa shape index (κ3) is 1.92. The van der Waals surface area contributed by atoms with Gasteiger partial charge in [-0.25, -0.2) is 9.97 Å². The van der Waals surface area contributed by atoms with E-state index in [1.54, 1.807) is 6.20 Å². The Balaban J connectivity index is 1.85. The van der Waals surface area contributed by atoms with E-state index in [-0.39, 0.29) is 6.61 Å². The molecular weight excluding hydrogens is 216 g/mol. The topological polar surface area (TPSA) is 53.7 Å². The van der Waals surface area contributed by atoms with E-state index in [0.29, 0.717) is 6.04 Å². The van der Waals surface area contributed by atoms with Crippen molar-refractivity contribution in [1.82, 2.24) is 19.3 Å². The fourth-order valence-corrected chi connectivity index (χ4v) is 2.51. The summed E-state index contributed by atoms with van der Waals surface area (Å²) in [4.78, 5) is 10.8. The maximum absolute atomic E-state index is 9.30. The molecule has 5 heteroatoms. The lowest BCUT2D eigenvalue weighted by atomic mass is 10.2. The molecule has 1 atom stereocenters. The van der Waals surface area contributed by atoms with E-state index >= 15 is 0 Å². The van der Waals surface area contributed by atoms with Gasteiger partial charge in [0.05, 0.1) is 18.5 Å². The van der Waals surface area contributed by atoms with E-state index in [0.717, 1.165) is 31.0 Å². The molecule has 5 nitrogen and oxygen atoms in total. The highest BCUT2D eigenvalue weighted by Gasteiger charge is 2.24. The van der Waals surface area contributed by atoms with Gasteiger partial charge in [-0.3, -0.25) is 9.30 Å². The lowest BCUT2D eigenvalue weighted by molar-refractivity contribution is 0.152. The van der Waals surface area contributed by atoms with Crippen molar-refractivity contribution in [2.75, 3.05) is 13.2 Å². The minimum absolute atomic E-state index is 0.245. The van der Waals surface area contributed by atoms with Crippen LogP contribution < -0.4 is 0 Å². The Bertz CT molecular complexity index is 510. The zero-order valence-corrected chi connectivity index (χ0v) is 9.66. The highest BCUT2D eigenvalue weighted by atomic mass is 16.3. The van der Waals surface area contributed by atoms with E-state index in [9.17, 15) is 5.11 Å². The normalized spacial score (nSPS) is 21.4. The number of hydrogen-bond acceptors (Lipinski definition) is 4. The Kier molecular flexibility index (Phi) is 2.78. The summed E-state index contributed by atoms with van der Waals surface area (Å²) in [7, 11) is 0. The molecule has 0 spiro atoms. The average molecular weight is 232 g/mol. The fourth-order valence-electron chi connectivity index (χ4n) is 2.51. The van der Waals surface area contributed by atoms with Crippen molar-refractivity contribution in [2.24, 2.45) is 0 Å². The van der Waals surface area contributed by atoms with E-state index in [4.69, 9.17) is 0 Å². The Morgan fingerprint density at radius 3 is 3.24 bits per heavy atom. The summed E-state index contributed by atoms with van der Waals surface area (Å²) in [5, 5.41) is 9.30.